The minimum absolute atomic E-state index is 0.0499. The van der Waals surface area contributed by atoms with E-state index in [4.69, 9.17) is 9.47 Å². The van der Waals surface area contributed by atoms with Crippen LogP contribution in [0.25, 0.3) is 5.57 Å². The van der Waals surface area contributed by atoms with Crippen molar-refractivity contribution in [2.45, 2.75) is 83.8 Å². The Morgan fingerprint density at radius 2 is 1.90 bits per heavy atom. The maximum atomic E-state index is 14.4. The van der Waals surface area contributed by atoms with Crippen molar-refractivity contribution < 1.29 is 28.6 Å². The highest BCUT2D eigenvalue weighted by Crippen LogP contribution is 2.56. The van der Waals surface area contributed by atoms with Gasteiger partial charge in [0.15, 0.2) is 0 Å². The van der Waals surface area contributed by atoms with E-state index in [1.807, 2.05) is 18.2 Å². The first-order chi connectivity index (χ1) is 24.6. The zero-order valence-corrected chi connectivity index (χ0v) is 30.4. The van der Waals surface area contributed by atoms with Crippen LogP contribution in [0.15, 0.2) is 54.9 Å². The Balaban J connectivity index is 1.07. The van der Waals surface area contributed by atoms with Crippen molar-refractivity contribution in [1.29, 1.82) is 0 Å². The summed E-state index contributed by atoms with van der Waals surface area (Å²) in [6, 6.07) is 6.59. The maximum Gasteiger partial charge on any atom is 0.263 e. The lowest BCUT2D eigenvalue weighted by Crippen LogP contribution is -2.40. The number of rotatable bonds is 13. The van der Waals surface area contributed by atoms with E-state index < -0.39 is 11.7 Å². The zero-order valence-electron chi connectivity index (χ0n) is 29.6. The summed E-state index contributed by atoms with van der Waals surface area (Å²) >= 11 is 1.44. The summed E-state index contributed by atoms with van der Waals surface area (Å²) in [6.07, 6.45) is 13.8. The van der Waals surface area contributed by atoms with Gasteiger partial charge in [-0.25, -0.2) is 14.4 Å². The number of nitrogens with zero attached hydrogens (tertiary/aromatic N) is 3. The lowest BCUT2D eigenvalue weighted by atomic mass is 9.82. The highest BCUT2D eigenvalue weighted by Gasteiger charge is 2.55. The number of halogens is 1. The summed E-state index contributed by atoms with van der Waals surface area (Å²) < 4.78 is 25.9. The number of thiazole rings is 1. The van der Waals surface area contributed by atoms with Gasteiger partial charge in [-0.2, -0.15) is 0 Å². The number of aromatic hydroxyl groups is 1. The monoisotopic (exact) mass is 717 g/mol. The second-order valence-corrected chi connectivity index (χ2v) is 15.1. The Hall–Kier alpha value is -4.13. The van der Waals surface area contributed by atoms with E-state index >= 15 is 0 Å². The van der Waals surface area contributed by atoms with Crippen molar-refractivity contribution in [2.75, 3.05) is 32.9 Å². The summed E-state index contributed by atoms with van der Waals surface area (Å²) in [7, 11) is 0. The van der Waals surface area contributed by atoms with Gasteiger partial charge in [0.1, 0.15) is 28.6 Å². The third-order valence-corrected chi connectivity index (χ3v) is 11.4. The Morgan fingerprint density at radius 1 is 1.12 bits per heavy atom. The van der Waals surface area contributed by atoms with Gasteiger partial charge in [-0.15, -0.1) is 11.3 Å². The highest BCUT2D eigenvalue weighted by molar-refractivity contribution is 7.13. The Labute approximate surface area is 303 Å². The molecule has 12 heteroatoms. The normalized spacial score (nSPS) is 22.4. The van der Waals surface area contributed by atoms with Crippen LogP contribution >= 0.6 is 11.3 Å². The minimum Gasteiger partial charge on any atom is -0.508 e. The van der Waals surface area contributed by atoms with Crippen molar-refractivity contribution in [1.82, 2.24) is 25.5 Å². The molecule has 0 radical (unpaired) electrons. The predicted molar refractivity (Wildman–Crippen MR) is 196 cm³/mol. The van der Waals surface area contributed by atoms with E-state index in [1.54, 1.807) is 18.3 Å². The van der Waals surface area contributed by atoms with Crippen molar-refractivity contribution in [3.8, 4) is 11.6 Å². The van der Waals surface area contributed by atoms with Crippen LogP contribution < -0.4 is 15.4 Å². The number of allylic oxidation sites excluding steroid dienone is 3. The topological polar surface area (TPSA) is 126 Å². The molecule has 2 aliphatic carbocycles. The van der Waals surface area contributed by atoms with E-state index in [9.17, 15) is 19.1 Å². The molecule has 10 nitrogen and oxygen atoms in total. The molecule has 1 spiro atoms. The number of morpholine rings is 1. The number of hydrogen-bond acceptors (Lipinski definition) is 9. The van der Waals surface area contributed by atoms with Crippen molar-refractivity contribution in [3.05, 3.63) is 87.3 Å². The van der Waals surface area contributed by atoms with Crippen LogP contribution in [-0.4, -0.2) is 76.8 Å². The van der Waals surface area contributed by atoms with E-state index in [1.165, 1.54) is 17.4 Å². The first kappa shape index (κ1) is 36.7. The molecule has 3 fully saturated rings. The molecule has 3 aliphatic rings. The third kappa shape index (κ3) is 9.22. The standard InChI is InChI=1S/C39H48FN5O5S/c1-4-5-6-26(31-8-7-30(46)19-27(31)24-45-14-17-49-18-15-45)11-16-50-37-32(20-28(40)22-41-37)35(47)43-29-9-12-39(13-10-29)21-34(39)44-36(48)33-23-42-38(51-33)25(2)3/h5-8,11,19-20,22-23,25,29,34,46H,4,9-10,12-18,21,24H2,1-3H3,(H,43,47)(H,44,48)/b6-5-,26-11+/t29?,34-,39?/m1/s1. The summed E-state index contributed by atoms with van der Waals surface area (Å²) in [5, 5.41) is 17.5. The number of phenolic OH excluding ortho intramolecular Hbond substituents is 1. The molecule has 1 saturated heterocycles. The number of nitrogens with one attached hydrogen (secondary N) is 2. The molecule has 272 valence electrons. The first-order valence-corrected chi connectivity index (χ1v) is 18.8. The molecular formula is C39H48FN5O5S. The number of amides is 2. The second kappa shape index (κ2) is 16.5. The van der Waals surface area contributed by atoms with E-state index in [2.05, 4.69) is 52.3 Å². The first-order valence-electron chi connectivity index (χ1n) is 18.0. The molecular weight excluding hydrogens is 670 g/mol. The Kier molecular flexibility index (Phi) is 11.8. The van der Waals surface area contributed by atoms with Gasteiger partial charge in [0, 0.05) is 37.6 Å². The molecule has 2 aromatic heterocycles. The van der Waals surface area contributed by atoms with E-state index in [0.717, 1.165) is 79.5 Å². The van der Waals surface area contributed by atoms with Crippen LogP contribution in [0.1, 0.15) is 101 Å². The fourth-order valence-electron chi connectivity index (χ4n) is 7.01. The lowest BCUT2D eigenvalue weighted by Gasteiger charge is -2.30. The largest absolute Gasteiger partial charge is 0.508 e. The number of ether oxygens (including phenoxy) is 2. The molecule has 1 aliphatic heterocycles. The zero-order chi connectivity index (χ0) is 36.0. The smallest absolute Gasteiger partial charge is 0.263 e. The lowest BCUT2D eigenvalue weighted by molar-refractivity contribution is 0.0341. The number of carbonyl (C=O) groups excluding carboxylic acids is 2. The fraction of sp³-hybridized carbons (Fsp3) is 0.487. The molecule has 3 heterocycles. The Morgan fingerprint density at radius 3 is 2.63 bits per heavy atom. The molecule has 3 N–H and O–H groups in total. The van der Waals surface area contributed by atoms with Gasteiger partial charge in [0.2, 0.25) is 5.88 Å². The molecule has 1 atom stereocenters. The molecule has 0 bridgehead atoms. The van der Waals surface area contributed by atoms with Crippen LogP contribution in [0.4, 0.5) is 4.39 Å². The second-order valence-electron chi connectivity index (χ2n) is 14.1. The number of aromatic nitrogens is 2. The summed E-state index contributed by atoms with van der Waals surface area (Å²) in [6.45, 7) is 9.94. The van der Waals surface area contributed by atoms with Crippen LogP contribution in [0, 0.1) is 11.2 Å². The van der Waals surface area contributed by atoms with Gasteiger partial charge >= 0.3 is 0 Å². The van der Waals surface area contributed by atoms with Crippen molar-refractivity contribution in [2.24, 2.45) is 5.41 Å². The average Bonchev–Trinajstić information content (AvgIpc) is 3.51. The molecule has 3 aromatic rings. The fourth-order valence-corrected chi connectivity index (χ4v) is 7.84. The molecule has 2 amide bonds. The maximum absolute atomic E-state index is 14.4. The van der Waals surface area contributed by atoms with Crippen LogP contribution in [0.5, 0.6) is 11.6 Å². The summed E-state index contributed by atoms with van der Waals surface area (Å²) in [5.74, 6) is -0.564. The summed E-state index contributed by atoms with van der Waals surface area (Å²) in [5.41, 5.74) is 2.97. The van der Waals surface area contributed by atoms with Gasteiger partial charge in [0.25, 0.3) is 11.8 Å². The van der Waals surface area contributed by atoms with Gasteiger partial charge in [-0.3, -0.25) is 14.5 Å². The molecule has 2 saturated carbocycles. The van der Waals surface area contributed by atoms with Gasteiger partial charge < -0.3 is 25.2 Å². The number of hydrogen-bond donors (Lipinski definition) is 3. The predicted octanol–water partition coefficient (Wildman–Crippen LogP) is 6.63. The number of carbonyl (C=O) groups is 2. The van der Waals surface area contributed by atoms with Crippen molar-refractivity contribution in [3.63, 3.8) is 0 Å². The quantitative estimate of drug-likeness (QED) is 0.168. The SMILES string of the molecule is CC/C=C\C(=C/COc1ncc(F)cc1C(=O)NC1CCC2(CC1)C[C@H]2NC(=O)c1cnc(C(C)C)s1)c1ccc(O)cc1CN1CCOCC1. The number of phenols is 1. The van der Waals surface area contributed by atoms with Gasteiger partial charge in [0.05, 0.1) is 30.6 Å². The number of benzene rings is 1. The summed E-state index contributed by atoms with van der Waals surface area (Å²) in [4.78, 5) is 37.8. The third-order valence-electron chi connectivity index (χ3n) is 10.1. The van der Waals surface area contributed by atoms with E-state index in [0.29, 0.717) is 24.6 Å². The molecule has 6 rings (SSSR count). The minimum atomic E-state index is -0.618. The van der Waals surface area contributed by atoms with Crippen LogP contribution in [-0.2, 0) is 11.3 Å². The van der Waals surface area contributed by atoms with Crippen LogP contribution in [0.2, 0.25) is 0 Å². The highest BCUT2D eigenvalue weighted by atomic mass is 32.1. The molecule has 51 heavy (non-hydrogen) atoms. The average molecular weight is 718 g/mol. The number of pyridine rings is 1. The van der Waals surface area contributed by atoms with Gasteiger partial charge in [-0.1, -0.05) is 39.0 Å². The van der Waals surface area contributed by atoms with Crippen molar-refractivity contribution >= 4 is 28.7 Å². The molecule has 0 unspecified atom stereocenters. The van der Waals surface area contributed by atoms with E-state index in [-0.39, 0.29) is 53.1 Å². The van der Waals surface area contributed by atoms with Gasteiger partial charge in [-0.05, 0) is 84.9 Å². The molecule has 1 aromatic carbocycles. The van der Waals surface area contributed by atoms with Crippen LogP contribution in [0.3, 0.4) is 0 Å². The Bertz CT molecular complexity index is 1760.